The molecule has 1 heterocycles. The number of halogens is 1. The highest BCUT2D eigenvalue weighted by Gasteiger charge is 1.98. The van der Waals surface area contributed by atoms with E-state index in [-0.39, 0.29) is 5.88 Å². The van der Waals surface area contributed by atoms with E-state index >= 15 is 0 Å². The van der Waals surface area contributed by atoms with Crippen LogP contribution >= 0.6 is 27.3 Å². The summed E-state index contributed by atoms with van der Waals surface area (Å²) in [4.78, 5) is 3.69. The van der Waals surface area contributed by atoms with Crippen LogP contribution in [-0.2, 0) is 0 Å². The van der Waals surface area contributed by atoms with E-state index in [0.29, 0.717) is 3.79 Å². The fraction of sp³-hybridized carbons (Fsp3) is 0.250. The van der Waals surface area contributed by atoms with Gasteiger partial charge in [0, 0.05) is 0 Å². The largest absolute Gasteiger partial charge is 0.480 e. The lowest BCUT2D eigenvalue weighted by Gasteiger charge is -1.89. The Morgan fingerprint density at radius 3 is 3.50 bits per heavy atom. The Morgan fingerprint density at radius 2 is 3.00 bits per heavy atom. The SMILES string of the molecule is [2H]C([2H])([2H])Oc1ncsc1Br. The zero-order valence-electron chi connectivity index (χ0n) is 6.72. The third-order valence-corrected chi connectivity index (χ3v) is 2.08. The lowest BCUT2D eigenvalue weighted by Crippen LogP contribution is -1.80. The normalized spacial score (nSPS) is 16.4. The van der Waals surface area contributed by atoms with E-state index in [1.807, 2.05) is 0 Å². The summed E-state index contributed by atoms with van der Waals surface area (Å²) >= 11 is 4.38. The zero-order valence-corrected chi connectivity index (χ0v) is 6.12. The van der Waals surface area contributed by atoms with E-state index in [1.165, 1.54) is 16.8 Å². The second kappa shape index (κ2) is 2.46. The van der Waals surface area contributed by atoms with Crippen LogP contribution in [0.25, 0.3) is 0 Å². The first kappa shape index (κ1) is 3.17. The number of methoxy groups -OCH3 is 1. The summed E-state index contributed by atoms with van der Waals surface area (Å²) in [6.45, 7) is 0. The van der Waals surface area contributed by atoms with Gasteiger partial charge in [-0.25, -0.2) is 4.98 Å². The summed E-state index contributed by atoms with van der Waals surface area (Å²) in [5.41, 5.74) is 1.51. The number of ether oxygens (including phenoxy) is 1. The zero-order chi connectivity index (χ0) is 8.48. The van der Waals surface area contributed by atoms with Crippen LogP contribution in [0.1, 0.15) is 4.11 Å². The molecule has 0 atom stereocenters. The van der Waals surface area contributed by atoms with Crippen LogP contribution < -0.4 is 4.74 Å². The average molecular weight is 197 g/mol. The standard InChI is InChI=1S/C4H4BrNOS/c1-7-4-3(5)8-2-6-4/h2H,1H3/i1D3. The second-order valence-corrected chi connectivity index (χ2v) is 3.21. The molecule has 0 amide bonds. The minimum Gasteiger partial charge on any atom is -0.480 e. The van der Waals surface area contributed by atoms with E-state index < -0.39 is 7.04 Å². The van der Waals surface area contributed by atoms with Crippen LogP contribution in [0.3, 0.4) is 0 Å². The molecule has 0 fully saturated rings. The Bertz CT molecular complexity index is 248. The van der Waals surface area contributed by atoms with Gasteiger partial charge in [0.2, 0.25) is 5.88 Å². The van der Waals surface area contributed by atoms with Crippen LogP contribution in [-0.4, -0.2) is 12.0 Å². The monoisotopic (exact) mass is 196 g/mol. The maximum absolute atomic E-state index is 6.76. The number of hydrogen-bond acceptors (Lipinski definition) is 3. The molecule has 1 rings (SSSR count). The van der Waals surface area contributed by atoms with E-state index in [4.69, 9.17) is 4.11 Å². The van der Waals surface area contributed by atoms with Crippen LogP contribution in [0, 0.1) is 0 Å². The first-order chi connectivity index (χ1) is 4.99. The second-order valence-electron chi connectivity index (χ2n) is 1.03. The van der Waals surface area contributed by atoms with Gasteiger partial charge in [0.15, 0.2) is 0 Å². The van der Waals surface area contributed by atoms with Gasteiger partial charge in [-0.1, -0.05) is 0 Å². The molecule has 0 aliphatic heterocycles. The molecule has 0 saturated carbocycles. The highest BCUT2D eigenvalue weighted by atomic mass is 79.9. The molecule has 0 saturated heterocycles. The number of nitrogens with zero attached hydrogens (tertiary/aromatic N) is 1. The molecule has 1 aromatic rings. The molecule has 2 nitrogen and oxygen atoms in total. The molecule has 0 N–H and O–H groups in total. The Hall–Kier alpha value is -0.0900. The molecule has 0 aliphatic rings. The predicted molar refractivity (Wildman–Crippen MR) is 36.4 cm³/mol. The number of hydrogen-bond donors (Lipinski definition) is 0. The van der Waals surface area contributed by atoms with Crippen molar-refractivity contribution in [3.05, 3.63) is 9.30 Å². The van der Waals surface area contributed by atoms with Crippen LogP contribution in [0.4, 0.5) is 0 Å². The Balaban J connectivity index is 2.72. The fourth-order valence-corrected chi connectivity index (χ4v) is 1.16. The lowest BCUT2D eigenvalue weighted by atomic mass is 10.9. The van der Waals surface area contributed by atoms with Gasteiger partial charge in [0.05, 0.1) is 16.7 Å². The highest BCUT2D eigenvalue weighted by Crippen LogP contribution is 2.26. The van der Waals surface area contributed by atoms with Gasteiger partial charge in [-0.3, -0.25) is 0 Å². The molecule has 1 aromatic heterocycles. The third kappa shape index (κ3) is 1.00. The van der Waals surface area contributed by atoms with Crippen molar-refractivity contribution in [3.8, 4) is 5.88 Å². The maximum atomic E-state index is 6.76. The van der Waals surface area contributed by atoms with Gasteiger partial charge in [-0.2, -0.15) is 0 Å². The smallest absolute Gasteiger partial charge is 0.238 e. The maximum Gasteiger partial charge on any atom is 0.238 e. The molecular weight excluding hydrogens is 190 g/mol. The third-order valence-electron chi connectivity index (χ3n) is 0.591. The molecule has 4 heteroatoms. The van der Waals surface area contributed by atoms with E-state index in [0.717, 1.165) is 0 Å². The van der Waals surface area contributed by atoms with Crippen molar-refractivity contribution < 1.29 is 8.85 Å². The van der Waals surface area contributed by atoms with Crippen molar-refractivity contribution in [2.75, 3.05) is 7.04 Å². The van der Waals surface area contributed by atoms with E-state index in [1.54, 1.807) is 0 Å². The van der Waals surface area contributed by atoms with Gasteiger partial charge in [0.1, 0.15) is 3.79 Å². The van der Waals surface area contributed by atoms with Gasteiger partial charge < -0.3 is 4.74 Å². The predicted octanol–water partition coefficient (Wildman–Crippen LogP) is 1.91. The van der Waals surface area contributed by atoms with Crippen LogP contribution in [0.2, 0.25) is 0 Å². The molecule has 0 bridgehead atoms. The topological polar surface area (TPSA) is 22.1 Å². The van der Waals surface area contributed by atoms with Crippen molar-refractivity contribution in [2.24, 2.45) is 0 Å². The Morgan fingerprint density at radius 1 is 2.12 bits per heavy atom. The van der Waals surface area contributed by atoms with Gasteiger partial charge in [-0.15, -0.1) is 11.3 Å². The minimum absolute atomic E-state index is 0.120. The summed E-state index contributed by atoms with van der Waals surface area (Å²) in [5, 5.41) is 0. The van der Waals surface area contributed by atoms with Gasteiger partial charge >= 0.3 is 0 Å². The lowest BCUT2D eigenvalue weighted by molar-refractivity contribution is 0.398. The minimum atomic E-state index is -2.42. The summed E-state index contributed by atoms with van der Waals surface area (Å²) in [7, 11) is -2.42. The molecule has 0 unspecified atom stereocenters. The first-order valence-electron chi connectivity index (χ1n) is 3.27. The van der Waals surface area contributed by atoms with E-state index in [9.17, 15) is 0 Å². The summed E-state index contributed by atoms with van der Waals surface area (Å²) in [5.74, 6) is 0.120. The summed E-state index contributed by atoms with van der Waals surface area (Å²) < 4.78 is 25.4. The van der Waals surface area contributed by atoms with Crippen molar-refractivity contribution in [1.29, 1.82) is 0 Å². The molecular formula is C4H4BrNOS. The fourth-order valence-electron chi connectivity index (χ4n) is 0.288. The quantitative estimate of drug-likeness (QED) is 0.686. The number of thiazole rings is 1. The van der Waals surface area contributed by atoms with Crippen LogP contribution in [0.15, 0.2) is 9.30 Å². The molecule has 44 valence electrons. The van der Waals surface area contributed by atoms with Crippen LogP contribution in [0.5, 0.6) is 5.88 Å². The molecule has 0 aromatic carbocycles. The Labute approximate surface area is 63.9 Å². The van der Waals surface area contributed by atoms with Crippen molar-refractivity contribution >= 4 is 27.3 Å². The van der Waals surface area contributed by atoms with Gasteiger partial charge in [0.25, 0.3) is 0 Å². The highest BCUT2D eigenvalue weighted by molar-refractivity contribution is 9.11. The van der Waals surface area contributed by atoms with Crippen molar-refractivity contribution in [3.63, 3.8) is 0 Å². The van der Waals surface area contributed by atoms with Gasteiger partial charge in [-0.05, 0) is 15.9 Å². The number of rotatable bonds is 1. The first-order valence-corrected chi connectivity index (χ1v) is 3.44. The average Bonchev–Trinajstić information content (AvgIpc) is 2.12. The molecule has 8 heavy (non-hydrogen) atoms. The molecule has 0 spiro atoms. The summed E-state index contributed by atoms with van der Waals surface area (Å²) in [6.07, 6.45) is 0. The Kier molecular flexibility index (Phi) is 0.975. The number of aromatic nitrogens is 1. The van der Waals surface area contributed by atoms with Crippen molar-refractivity contribution in [2.45, 2.75) is 0 Å². The summed E-state index contributed by atoms with van der Waals surface area (Å²) in [6, 6.07) is 0. The molecule has 0 radical (unpaired) electrons. The van der Waals surface area contributed by atoms with Crippen molar-refractivity contribution in [1.82, 2.24) is 4.98 Å². The molecule has 0 aliphatic carbocycles. The van der Waals surface area contributed by atoms with E-state index in [2.05, 4.69) is 25.7 Å².